The van der Waals surface area contributed by atoms with Crippen LogP contribution in [0.3, 0.4) is 0 Å². The summed E-state index contributed by atoms with van der Waals surface area (Å²) in [6.07, 6.45) is 4.84. The standard InChI is InChI=1S/C14H24N2O3/c1-10-5-8-16(11(2)9-10)13(19)15-14(12(17)18)6-3-4-7-14/h10-11H,3-9H2,1-2H3,(H,15,19)(H,17,18). The van der Waals surface area contributed by atoms with Gasteiger partial charge in [-0.15, -0.1) is 0 Å². The van der Waals surface area contributed by atoms with E-state index < -0.39 is 11.5 Å². The number of hydrogen-bond donors (Lipinski definition) is 2. The molecule has 1 aliphatic carbocycles. The Balaban J connectivity index is 2.02. The van der Waals surface area contributed by atoms with Crippen molar-refractivity contribution >= 4 is 12.0 Å². The van der Waals surface area contributed by atoms with Gasteiger partial charge < -0.3 is 15.3 Å². The SMILES string of the molecule is CC1CCN(C(=O)NC2(C(=O)O)CCCC2)C(C)C1. The number of carboxylic acid groups (broad SMARTS) is 1. The molecule has 1 heterocycles. The van der Waals surface area contributed by atoms with Crippen LogP contribution in [0, 0.1) is 5.92 Å². The molecule has 5 nitrogen and oxygen atoms in total. The summed E-state index contributed by atoms with van der Waals surface area (Å²) in [5.41, 5.74) is -1.03. The maximum absolute atomic E-state index is 12.3. The Bertz CT molecular complexity index is 364. The Hall–Kier alpha value is -1.26. The highest BCUT2D eigenvalue weighted by atomic mass is 16.4. The van der Waals surface area contributed by atoms with Crippen LogP contribution in [0.2, 0.25) is 0 Å². The molecule has 1 saturated heterocycles. The lowest BCUT2D eigenvalue weighted by molar-refractivity contribution is -0.144. The predicted octanol–water partition coefficient (Wildman–Crippen LogP) is 2.21. The van der Waals surface area contributed by atoms with Gasteiger partial charge in [-0.3, -0.25) is 0 Å². The number of carbonyl (C=O) groups excluding carboxylic acids is 1. The molecule has 2 amide bonds. The third-order valence-electron chi connectivity index (χ3n) is 4.61. The van der Waals surface area contributed by atoms with Crippen molar-refractivity contribution in [2.45, 2.75) is 64.0 Å². The van der Waals surface area contributed by atoms with Crippen molar-refractivity contribution in [3.05, 3.63) is 0 Å². The highest BCUT2D eigenvalue weighted by Crippen LogP contribution is 2.31. The summed E-state index contributed by atoms with van der Waals surface area (Å²) in [4.78, 5) is 25.6. The van der Waals surface area contributed by atoms with Gasteiger partial charge in [-0.25, -0.2) is 9.59 Å². The number of carbonyl (C=O) groups is 2. The first-order valence-electron chi connectivity index (χ1n) is 7.27. The normalized spacial score (nSPS) is 30.1. The van der Waals surface area contributed by atoms with Gasteiger partial charge in [0.05, 0.1) is 0 Å². The van der Waals surface area contributed by atoms with Crippen LogP contribution in [0.5, 0.6) is 0 Å². The number of rotatable bonds is 2. The number of nitrogens with one attached hydrogen (secondary N) is 1. The molecule has 2 fully saturated rings. The summed E-state index contributed by atoms with van der Waals surface area (Å²) in [7, 11) is 0. The summed E-state index contributed by atoms with van der Waals surface area (Å²) >= 11 is 0. The zero-order valence-corrected chi connectivity index (χ0v) is 11.8. The maximum atomic E-state index is 12.3. The monoisotopic (exact) mass is 268 g/mol. The Morgan fingerprint density at radius 3 is 2.42 bits per heavy atom. The minimum atomic E-state index is -1.03. The number of carboxylic acids is 1. The molecular formula is C14H24N2O3. The van der Waals surface area contributed by atoms with E-state index in [9.17, 15) is 14.7 Å². The molecular weight excluding hydrogens is 244 g/mol. The highest BCUT2D eigenvalue weighted by molar-refractivity contribution is 5.86. The van der Waals surface area contributed by atoms with Gasteiger partial charge in [0, 0.05) is 12.6 Å². The molecule has 0 bridgehead atoms. The number of urea groups is 1. The fourth-order valence-electron chi connectivity index (χ4n) is 3.36. The lowest BCUT2D eigenvalue weighted by Gasteiger charge is -2.38. The van der Waals surface area contributed by atoms with Crippen molar-refractivity contribution in [2.24, 2.45) is 5.92 Å². The van der Waals surface area contributed by atoms with Crippen LogP contribution in [0.4, 0.5) is 4.79 Å². The van der Waals surface area contributed by atoms with Crippen LogP contribution >= 0.6 is 0 Å². The zero-order chi connectivity index (χ0) is 14.0. The van der Waals surface area contributed by atoms with Crippen LogP contribution in [-0.2, 0) is 4.79 Å². The minimum absolute atomic E-state index is 0.191. The quantitative estimate of drug-likeness (QED) is 0.806. The van der Waals surface area contributed by atoms with E-state index in [-0.39, 0.29) is 12.1 Å². The molecule has 1 aliphatic heterocycles. The number of amides is 2. The van der Waals surface area contributed by atoms with E-state index in [0.717, 1.165) is 32.2 Å². The number of piperidine rings is 1. The third kappa shape index (κ3) is 2.85. The summed E-state index contributed by atoms with van der Waals surface area (Å²) < 4.78 is 0. The molecule has 0 aromatic heterocycles. The van der Waals surface area contributed by atoms with Gasteiger partial charge in [-0.05, 0) is 38.5 Å². The Morgan fingerprint density at radius 1 is 1.26 bits per heavy atom. The molecule has 5 heteroatoms. The Morgan fingerprint density at radius 2 is 1.89 bits per heavy atom. The first-order chi connectivity index (χ1) is 8.94. The molecule has 2 N–H and O–H groups in total. The Kier molecular flexibility index (Phi) is 4.02. The van der Waals surface area contributed by atoms with Gasteiger partial charge in [0.1, 0.15) is 5.54 Å². The third-order valence-corrected chi connectivity index (χ3v) is 4.61. The second-order valence-corrected chi connectivity index (χ2v) is 6.20. The van der Waals surface area contributed by atoms with Gasteiger partial charge in [0.2, 0.25) is 0 Å². The van der Waals surface area contributed by atoms with Crippen molar-refractivity contribution in [2.75, 3.05) is 6.54 Å². The van der Waals surface area contributed by atoms with E-state index in [2.05, 4.69) is 12.2 Å². The molecule has 108 valence electrons. The van der Waals surface area contributed by atoms with Crippen LogP contribution < -0.4 is 5.32 Å². The van der Waals surface area contributed by atoms with Gasteiger partial charge in [0.15, 0.2) is 0 Å². The van der Waals surface area contributed by atoms with E-state index in [1.807, 2.05) is 6.92 Å². The molecule has 0 aromatic carbocycles. The number of nitrogens with zero attached hydrogens (tertiary/aromatic N) is 1. The van der Waals surface area contributed by atoms with Crippen LogP contribution in [0.25, 0.3) is 0 Å². The van der Waals surface area contributed by atoms with E-state index in [4.69, 9.17) is 0 Å². The molecule has 19 heavy (non-hydrogen) atoms. The molecule has 0 spiro atoms. The molecule has 0 radical (unpaired) electrons. The van der Waals surface area contributed by atoms with Crippen LogP contribution in [-0.4, -0.2) is 40.1 Å². The predicted molar refractivity (Wildman–Crippen MR) is 71.9 cm³/mol. The molecule has 2 atom stereocenters. The largest absolute Gasteiger partial charge is 0.480 e. The summed E-state index contributed by atoms with van der Waals surface area (Å²) in [5, 5.41) is 12.2. The summed E-state index contributed by atoms with van der Waals surface area (Å²) in [6.45, 7) is 4.96. The van der Waals surface area contributed by atoms with E-state index in [1.165, 1.54) is 0 Å². The highest BCUT2D eigenvalue weighted by Gasteiger charge is 2.44. The molecule has 2 rings (SSSR count). The first kappa shape index (κ1) is 14.2. The lowest BCUT2D eigenvalue weighted by atomic mass is 9.93. The fraction of sp³-hybridized carbons (Fsp3) is 0.857. The van der Waals surface area contributed by atoms with E-state index in [0.29, 0.717) is 18.8 Å². The van der Waals surface area contributed by atoms with Crippen LogP contribution in [0.1, 0.15) is 52.4 Å². The summed E-state index contributed by atoms with van der Waals surface area (Å²) in [6, 6.07) is -0.0142. The molecule has 2 aliphatic rings. The maximum Gasteiger partial charge on any atom is 0.329 e. The van der Waals surface area contributed by atoms with Crippen molar-refractivity contribution < 1.29 is 14.7 Å². The topological polar surface area (TPSA) is 69.6 Å². The van der Waals surface area contributed by atoms with E-state index in [1.54, 1.807) is 4.90 Å². The van der Waals surface area contributed by atoms with Crippen molar-refractivity contribution in [1.29, 1.82) is 0 Å². The average Bonchev–Trinajstić information content (AvgIpc) is 2.78. The smallest absolute Gasteiger partial charge is 0.329 e. The van der Waals surface area contributed by atoms with Crippen molar-refractivity contribution in [1.82, 2.24) is 10.2 Å². The second kappa shape index (κ2) is 5.39. The molecule has 0 aromatic rings. The Labute approximate surface area is 114 Å². The first-order valence-corrected chi connectivity index (χ1v) is 7.27. The molecule has 2 unspecified atom stereocenters. The zero-order valence-electron chi connectivity index (χ0n) is 11.8. The van der Waals surface area contributed by atoms with Crippen molar-refractivity contribution in [3.63, 3.8) is 0 Å². The number of aliphatic carboxylic acids is 1. The number of likely N-dealkylation sites (tertiary alicyclic amines) is 1. The van der Waals surface area contributed by atoms with Gasteiger partial charge in [-0.1, -0.05) is 19.8 Å². The number of hydrogen-bond acceptors (Lipinski definition) is 2. The van der Waals surface area contributed by atoms with Crippen LogP contribution in [0.15, 0.2) is 0 Å². The average molecular weight is 268 g/mol. The van der Waals surface area contributed by atoms with Gasteiger partial charge in [0.25, 0.3) is 0 Å². The van der Waals surface area contributed by atoms with E-state index >= 15 is 0 Å². The lowest BCUT2D eigenvalue weighted by Crippen LogP contribution is -2.58. The second-order valence-electron chi connectivity index (χ2n) is 6.20. The molecule has 1 saturated carbocycles. The minimum Gasteiger partial charge on any atom is -0.480 e. The van der Waals surface area contributed by atoms with Gasteiger partial charge in [-0.2, -0.15) is 0 Å². The van der Waals surface area contributed by atoms with Crippen molar-refractivity contribution in [3.8, 4) is 0 Å². The summed E-state index contributed by atoms with van der Waals surface area (Å²) in [5.74, 6) is -0.254. The van der Waals surface area contributed by atoms with Gasteiger partial charge >= 0.3 is 12.0 Å². The fourth-order valence-corrected chi connectivity index (χ4v) is 3.36.